The van der Waals surface area contributed by atoms with Crippen molar-refractivity contribution in [1.29, 1.82) is 0 Å². The number of aliphatic hydroxyl groups is 2. The summed E-state index contributed by atoms with van der Waals surface area (Å²) < 4.78 is 11.4. The minimum Gasteiger partial charge on any atom is -0.444 e. The van der Waals surface area contributed by atoms with Crippen LogP contribution in [0.1, 0.15) is 77.1 Å². The Balaban J connectivity index is 1.39. The molecular formula is C32H40N2O6. The molecule has 2 fully saturated rings. The van der Waals surface area contributed by atoms with E-state index in [4.69, 9.17) is 9.47 Å². The Morgan fingerprint density at radius 2 is 1.70 bits per heavy atom. The number of cyclic esters (lactones) is 1. The topological polar surface area (TPSA) is 99.5 Å². The molecule has 0 spiro atoms. The highest BCUT2D eigenvalue weighted by Crippen LogP contribution is 2.42. The maximum absolute atomic E-state index is 13.3. The van der Waals surface area contributed by atoms with Gasteiger partial charge in [0.1, 0.15) is 11.2 Å². The summed E-state index contributed by atoms with van der Waals surface area (Å²) in [5, 5.41) is 21.2. The van der Waals surface area contributed by atoms with E-state index < -0.39 is 34.6 Å². The Hall–Kier alpha value is -3.54. The van der Waals surface area contributed by atoms with Gasteiger partial charge in [-0.2, -0.15) is 0 Å². The minimum atomic E-state index is -1.27. The van der Waals surface area contributed by atoms with Gasteiger partial charge in [-0.05, 0) is 64.8 Å². The third-order valence-corrected chi connectivity index (χ3v) is 7.15. The van der Waals surface area contributed by atoms with E-state index in [0.717, 1.165) is 16.7 Å². The molecule has 2 amide bonds. The lowest BCUT2D eigenvalue weighted by molar-refractivity contribution is -0.101. The number of hydrogen-bond acceptors (Lipinski definition) is 6. The van der Waals surface area contributed by atoms with Crippen molar-refractivity contribution >= 4 is 12.2 Å². The molecule has 2 aliphatic heterocycles. The Morgan fingerprint density at radius 1 is 1.07 bits per heavy atom. The summed E-state index contributed by atoms with van der Waals surface area (Å²) in [5.41, 5.74) is -1.25. The van der Waals surface area contributed by atoms with Gasteiger partial charge < -0.3 is 29.5 Å². The molecule has 8 nitrogen and oxygen atoms in total. The second kappa shape index (κ2) is 10.8. The fourth-order valence-corrected chi connectivity index (χ4v) is 5.22. The summed E-state index contributed by atoms with van der Waals surface area (Å²) in [6.45, 7) is 11.5. The third kappa shape index (κ3) is 6.96. The molecule has 4 rings (SSSR count). The lowest BCUT2D eigenvalue weighted by Gasteiger charge is -2.45. The van der Waals surface area contributed by atoms with E-state index in [1.807, 2.05) is 61.5 Å². The van der Waals surface area contributed by atoms with E-state index in [9.17, 15) is 19.8 Å². The highest BCUT2D eigenvalue weighted by atomic mass is 16.6. The quantitative estimate of drug-likeness (QED) is 0.512. The van der Waals surface area contributed by atoms with Crippen LogP contribution < -0.4 is 0 Å². The molecule has 2 aromatic rings. The molecule has 40 heavy (non-hydrogen) atoms. The second-order valence-electron chi connectivity index (χ2n) is 12.6. The van der Waals surface area contributed by atoms with Gasteiger partial charge in [-0.15, -0.1) is 0 Å². The predicted molar refractivity (Wildman–Crippen MR) is 151 cm³/mol. The van der Waals surface area contributed by atoms with E-state index in [-0.39, 0.29) is 19.1 Å². The van der Waals surface area contributed by atoms with Gasteiger partial charge in [-0.1, -0.05) is 54.3 Å². The highest BCUT2D eigenvalue weighted by molar-refractivity contribution is 5.71. The lowest BCUT2D eigenvalue weighted by atomic mass is 9.80. The van der Waals surface area contributed by atoms with Crippen molar-refractivity contribution in [2.45, 2.75) is 82.8 Å². The average molecular weight is 549 g/mol. The van der Waals surface area contributed by atoms with Crippen LogP contribution in [-0.2, 0) is 15.1 Å². The summed E-state index contributed by atoms with van der Waals surface area (Å²) in [5.74, 6) is 5.87. The summed E-state index contributed by atoms with van der Waals surface area (Å²) in [4.78, 5) is 28.5. The SMILES string of the molecule is C[C@@H](c1ccc(C#CC2(O)CN(C(=O)OC(C)(C)C)C2)cc1)N1CC[C@](CC(C)(C)O)(c2ccccc2)OC1=O. The number of carbonyl (C=O) groups is 2. The third-order valence-electron chi connectivity index (χ3n) is 7.15. The molecular weight excluding hydrogens is 508 g/mol. The Kier molecular flexibility index (Phi) is 7.94. The fourth-order valence-electron chi connectivity index (χ4n) is 5.22. The smallest absolute Gasteiger partial charge is 0.411 e. The Labute approximate surface area is 236 Å². The van der Waals surface area contributed by atoms with Crippen LogP contribution in [0.5, 0.6) is 0 Å². The second-order valence-corrected chi connectivity index (χ2v) is 12.6. The van der Waals surface area contributed by atoms with E-state index in [0.29, 0.717) is 19.4 Å². The zero-order chi connectivity index (χ0) is 29.3. The van der Waals surface area contributed by atoms with Crippen LogP contribution in [0.4, 0.5) is 9.59 Å². The Morgan fingerprint density at radius 3 is 2.25 bits per heavy atom. The number of rotatable bonds is 5. The van der Waals surface area contributed by atoms with Gasteiger partial charge in [-0.3, -0.25) is 0 Å². The number of ether oxygens (including phenoxy) is 2. The van der Waals surface area contributed by atoms with Crippen molar-refractivity contribution < 1.29 is 29.3 Å². The maximum Gasteiger partial charge on any atom is 0.411 e. The summed E-state index contributed by atoms with van der Waals surface area (Å²) in [7, 11) is 0. The minimum absolute atomic E-state index is 0.0963. The first kappa shape index (κ1) is 29.4. The first-order chi connectivity index (χ1) is 18.6. The van der Waals surface area contributed by atoms with Gasteiger partial charge in [0.15, 0.2) is 5.60 Å². The number of hydrogen-bond donors (Lipinski definition) is 2. The number of likely N-dealkylation sites (tertiary alicyclic amines) is 1. The molecule has 2 saturated heterocycles. The van der Waals surface area contributed by atoms with Crippen molar-refractivity contribution in [2.24, 2.45) is 0 Å². The van der Waals surface area contributed by atoms with Gasteiger partial charge >= 0.3 is 12.2 Å². The van der Waals surface area contributed by atoms with Crippen molar-refractivity contribution in [2.75, 3.05) is 19.6 Å². The lowest BCUT2D eigenvalue weighted by Crippen LogP contribution is -2.63. The maximum atomic E-state index is 13.3. The van der Waals surface area contributed by atoms with Crippen molar-refractivity contribution in [3.8, 4) is 11.8 Å². The van der Waals surface area contributed by atoms with Gasteiger partial charge in [0.05, 0.1) is 24.7 Å². The van der Waals surface area contributed by atoms with Crippen LogP contribution >= 0.6 is 0 Å². The number of amides is 2. The summed E-state index contributed by atoms with van der Waals surface area (Å²) >= 11 is 0. The Bertz CT molecular complexity index is 1280. The highest BCUT2D eigenvalue weighted by Gasteiger charge is 2.46. The van der Waals surface area contributed by atoms with E-state index in [1.54, 1.807) is 39.5 Å². The van der Waals surface area contributed by atoms with Crippen molar-refractivity contribution in [3.63, 3.8) is 0 Å². The van der Waals surface area contributed by atoms with E-state index in [1.165, 1.54) is 4.90 Å². The molecule has 0 aromatic heterocycles. The summed E-state index contributed by atoms with van der Waals surface area (Å²) in [6, 6.07) is 16.9. The first-order valence-electron chi connectivity index (χ1n) is 13.7. The number of carbonyl (C=O) groups excluding carboxylic acids is 2. The normalized spacial score (nSPS) is 21.4. The van der Waals surface area contributed by atoms with Crippen LogP contribution in [0.15, 0.2) is 54.6 Å². The molecule has 0 aliphatic carbocycles. The van der Waals surface area contributed by atoms with Crippen molar-refractivity contribution in [1.82, 2.24) is 9.80 Å². The standard InChI is InChI=1S/C32H40N2O6/c1-23(34-19-18-32(40-28(34)36,20-30(5,6)37)26-10-8-7-9-11-26)25-14-12-24(13-15-25)16-17-31(38)21-33(22-31)27(35)39-29(2,3)4/h7-15,23,37-38H,18-22H2,1-6H3/t23-,32-/m0/s1. The molecule has 2 aliphatic rings. The number of benzene rings is 2. The zero-order valence-corrected chi connectivity index (χ0v) is 24.2. The van der Waals surface area contributed by atoms with Gasteiger partial charge in [-0.25, -0.2) is 9.59 Å². The van der Waals surface area contributed by atoms with Crippen LogP contribution in [0.25, 0.3) is 0 Å². The van der Waals surface area contributed by atoms with Crippen LogP contribution in [0.3, 0.4) is 0 Å². The number of β-amino-alcohol motifs (C(OH)–C–C–N with tert-alkyl or cyclic N) is 1. The fraction of sp³-hybridized carbons (Fsp3) is 0.500. The van der Waals surface area contributed by atoms with Gasteiger partial charge in [0, 0.05) is 24.9 Å². The molecule has 8 heteroatoms. The largest absolute Gasteiger partial charge is 0.444 e. The van der Waals surface area contributed by atoms with E-state index in [2.05, 4.69) is 11.8 Å². The zero-order valence-electron chi connectivity index (χ0n) is 24.2. The molecule has 0 radical (unpaired) electrons. The first-order valence-corrected chi connectivity index (χ1v) is 13.7. The molecule has 2 heterocycles. The molecule has 2 N–H and O–H groups in total. The monoisotopic (exact) mass is 548 g/mol. The molecule has 2 aromatic carbocycles. The van der Waals surface area contributed by atoms with Crippen LogP contribution in [-0.4, -0.2) is 68.6 Å². The van der Waals surface area contributed by atoms with Crippen LogP contribution in [0.2, 0.25) is 0 Å². The molecule has 0 saturated carbocycles. The van der Waals surface area contributed by atoms with Crippen LogP contribution in [0, 0.1) is 11.8 Å². The molecule has 214 valence electrons. The predicted octanol–water partition coefficient (Wildman–Crippen LogP) is 4.98. The molecule has 0 bridgehead atoms. The van der Waals surface area contributed by atoms with Gasteiger partial charge in [0.25, 0.3) is 0 Å². The molecule has 0 unspecified atom stereocenters. The van der Waals surface area contributed by atoms with Crippen molar-refractivity contribution in [3.05, 3.63) is 71.3 Å². The van der Waals surface area contributed by atoms with Gasteiger partial charge in [0.2, 0.25) is 0 Å². The number of nitrogens with zero attached hydrogens (tertiary/aromatic N) is 2. The van der Waals surface area contributed by atoms with E-state index >= 15 is 0 Å². The summed E-state index contributed by atoms with van der Waals surface area (Å²) in [6.07, 6.45) is -0.0284. The molecule has 2 atom stereocenters. The average Bonchev–Trinajstić information content (AvgIpc) is 2.84.